The monoisotopic (exact) mass is 277 g/mol. The Balaban J connectivity index is 1.82. The van der Waals surface area contributed by atoms with Crippen LogP contribution in [0.1, 0.15) is 39.0 Å². The van der Waals surface area contributed by atoms with Crippen molar-refractivity contribution < 1.29 is 14.7 Å². The average molecular weight is 277 g/mol. The van der Waals surface area contributed by atoms with E-state index in [-0.39, 0.29) is 23.7 Å². The summed E-state index contributed by atoms with van der Waals surface area (Å²) in [6.45, 7) is 2.92. The summed E-state index contributed by atoms with van der Waals surface area (Å²) in [4.78, 5) is 26.4. The van der Waals surface area contributed by atoms with Gasteiger partial charge in [0, 0.05) is 12.6 Å². The fourth-order valence-corrected chi connectivity index (χ4v) is 4.40. The molecule has 2 aliphatic carbocycles. The number of aliphatic carboxylic acids is 1. The molecule has 1 saturated heterocycles. The number of allylic oxidation sites excluding steroid dienone is 2. The van der Waals surface area contributed by atoms with Crippen LogP contribution in [0.2, 0.25) is 0 Å². The third kappa shape index (κ3) is 2.05. The summed E-state index contributed by atoms with van der Waals surface area (Å²) in [7, 11) is 0. The van der Waals surface area contributed by atoms with Gasteiger partial charge in [-0.1, -0.05) is 19.1 Å². The van der Waals surface area contributed by atoms with Crippen molar-refractivity contribution in [2.24, 2.45) is 23.7 Å². The number of rotatable bonds is 3. The lowest BCUT2D eigenvalue weighted by atomic mass is 9.81. The number of hydrogen-bond donors (Lipinski definition) is 1. The second kappa shape index (κ2) is 5.23. The summed E-state index contributed by atoms with van der Waals surface area (Å²) < 4.78 is 0. The van der Waals surface area contributed by atoms with Crippen molar-refractivity contribution in [1.29, 1.82) is 0 Å². The number of amides is 1. The Hall–Kier alpha value is -1.32. The summed E-state index contributed by atoms with van der Waals surface area (Å²) in [5.74, 6) is -1.32. The van der Waals surface area contributed by atoms with E-state index in [1.165, 1.54) is 6.42 Å². The largest absolute Gasteiger partial charge is 0.481 e. The molecule has 20 heavy (non-hydrogen) atoms. The van der Waals surface area contributed by atoms with Crippen LogP contribution in [-0.2, 0) is 9.59 Å². The lowest BCUT2D eigenvalue weighted by Gasteiger charge is -2.39. The normalized spacial score (nSPS) is 39.2. The van der Waals surface area contributed by atoms with Crippen LogP contribution in [0.25, 0.3) is 0 Å². The molecule has 3 rings (SSSR count). The van der Waals surface area contributed by atoms with Crippen LogP contribution >= 0.6 is 0 Å². The van der Waals surface area contributed by atoms with Gasteiger partial charge in [0.05, 0.1) is 11.8 Å². The van der Waals surface area contributed by atoms with E-state index in [0.29, 0.717) is 6.04 Å². The topological polar surface area (TPSA) is 57.6 Å². The molecule has 1 N–H and O–H groups in total. The zero-order valence-electron chi connectivity index (χ0n) is 12.0. The predicted octanol–water partition coefficient (Wildman–Crippen LogP) is 2.30. The Morgan fingerprint density at radius 3 is 2.55 bits per heavy atom. The molecule has 5 unspecified atom stereocenters. The van der Waals surface area contributed by atoms with E-state index < -0.39 is 11.9 Å². The standard InChI is InChI=1S/C16H23NO3/c1-2-12-5-3-4-8-17(12)15(18)13-10-6-7-11(9-10)14(13)16(19)20/h6-7,10-14H,2-5,8-9H2,1H3,(H,19,20). The quantitative estimate of drug-likeness (QED) is 0.805. The van der Waals surface area contributed by atoms with E-state index in [9.17, 15) is 14.7 Å². The van der Waals surface area contributed by atoms with Crippen molar-refractivity contribution in [1.82, 2.24) is 4.90 Å². The molecule has 2 fully saturated rings. The molecule has 110 valence electrons. The Morgan fingerprint density at radius 2 is 1.90 bits per heavy atom. The molecular formula is C16H23NO3. The van der Waals surface area contributed by atoms with Gasteiger partial charge in [0.2, 0.25) is 5.91 Å². The Bertz CT molecular complexity index is 445. The highest BCUT2D eigenvalue weighted by molar-refractivity contribution is 5.87. The van der Waals surface area contributed by atoms with Gasteiger partial charge < -0.3 is 10.0 Å². The minimum absolute atomic E-state index is 0.0660. The molecule has 0 radical (unpaired) electrons. The van der Waals surface area contributed by atoms with Crippen molar-refractivity contribution in [2.75, 3.05) is 6.54 Å². The fourth-order valence-electron chi connectivity index (χ4n) is 4.40. The second-order valence-corrected chi connectivity index (χ2v) is 6.43. The highest BCUT2D eigenvalue weighted by Crippen LogP contribution is 2.49. The van der Waals surface area contributed by atoms with Gasteiger partial charge in [0.25, 0.3) is 0 Å². The number of piperidine rings is 1. The van der Waals surface area contributed by atoms with Crippen LogP contribution in [0.4, 0.5) is 0 Å². The summed E-state index contributed by atoms with van der Waals surface area (Å²) in [5.41, 5.74) is 0. The van der Waals surface area contributed by atoms with Crippen LogP contribution < -0.4 is 0 Å². The van der Waals surface area contributed by atoms with Crippen molar-refractivity contribution in [3.8, 4) is 0 Å². The summed E-state index contributed by atoms with van der Waals surface area (Å²) in [6, 6.07) is 0.314. The number of carbonyl (C=O) groups is 2. The van der Waals surface area contributed by atoms with E-state index in [2.05, 4.69) is 13.0 Å². The first-order valence-electron chi connectivity index (χ1n) is 7.85. The van der Waals surface area contributed by atoms with E-state index in [1.807, 2.05) is 11.0 Å². The van der Waals surface area contributed by atoms with Crippen LogP contribution in [0.3, 0.4) is 0 Å². The van der Waals surface area contributed by atoms with Crippen molar-refractivity contribution in [2.45, 2.75) is 45.1 Å². The van der Waals surface area contributed by atoms with E-state index in [0.717, 1.165) is 32.2 Å². The van der Waals surface area contributed by atoms with E-state index in [4.69, 9.17) is 0 Å². The summed E-state index contributed by atoms with van der Waals surface area (Å²) in [5, 5.41) is 9.47. The van der Waals surface area contributed by atoms with Gasteiger partial charge in [0.15, 0.2) is 0 Å². The number of hydrogen-bond acceptors (Lipinski definition) is 2. The van der Waals surface area contributed by atoms with Gasteiger partial charge in [-0.3, -0.25) is 9.59 Å². The minimum Gasteiger partial charge on any atom is -0.481 e. The summed E-state index contributed by atoms with van der Waals surface area (Å²) in [6.07, 6.45) is 9.19. The number of nitrogens with zero attached hydrogens (tertiary/aromatic N) is 1. The lowest BCUT2D eigenvalue weighted by molar-refractivity contribution is -0.152. The molecule has 1 aliphatic heterocycles. The highest BCUT2D eigenvalue weighted by Gasteiger charge is 2.53. The molecule has 0 aromatic carbocycles. The number of carbonyl (C=O) groups excluding carboxylic acids is 1. The Morgan fingerprint density at radius 1 is 1.20 bits per heavy atom. The van der Waals surface area contributed by atoms with Gasteiger partial charge in [-0.25, -0.2) is 0 Å². The Labute approximate surface area is 119 Å². The minimum atomic E-state index is -0.801. The van der Waals surface area contributed by atoms with Gasteiger partial charge >= 0.3 is 5.97 Å². The third-order valence-corrected chi connectivity index (χ3v) is 5.41. The molecular weight excluding hydrogens is 254 g/mol. The first-order chi connectivity index (χ1) is 9.63. The van der Waals surface area contributed by atoms with Crippen molar-refractivity contribution in [3.05, 3.63) is 12.2 Å². The summed E-state index contributed by atoms with van der Waals surface area (Å²) >= 11 is 0. The van der Waals surface area contributed by atoms with E-state index >= 15 is 0 Å². The molecule has 1 amide bonds. The molecule has 2 bridgehead atoms. The van der Waals surface area contributed by atoms with E-state index in [1.54, 1.807) is 0 Å². The van der Waals surface area contributed by atoms with Crippen molar-refractivity contribution >= 4 is 11.9 Å². The van der Waals surface area contributed by atoms with Crippen molar-refractivity contribution in [3.63, 3.8) is 0 Å². The molecule has 4 heteroatoms. The fraction of sp³-hybridized carbons (Fsp3) is 0.750. The van der Waals surface area contributed by atoms with Crippen LogP contribution in [0, 0.1) is 23.7 Å². The SMILES string of the molecule is CCC1CCCCN1C(=O)C1C2C=CC(C2)C1C(=O)O. The number of likely N-dealkylation sites (tertiary alicyclic amines) is 1. The van der Waals surface area contributed by atoms with Gasteiger partial charge in [-0.05, 0) is 43.9 Å². The molecule has 1 saturated carbocycles. The smallest absolute Gasteiger partial charge is 0.307 e. The molecule has 3 aliphatic rings. The molecule has 5 atom stereocenters. The number of carboxylic acids is 1. The maximum atomic E-state index is 12.9. The maximum absolute atomic E-state index is 12.9. The van der Waals surface area contributed by atoms with Gasteiger partial charge in [-0.2, -0.15) is 0 Å². The first-order valence-corrected chi connectivity index (χ1v) is 7.85. The number of fused-ring (bicyclic) bond motifs is 2. The highest BCUT2D eigenvalue weighted by atomic mass is 16.4. The number of carboxylic acid groups (broad SMARTS) is 1. The predicted molar refractivity (Wildman–Crippen MR) is 75.0 cm³/mol. The Kier molecular flexibility index (Phi) is 3.57. The second-order valence-electron chi connectivity index (χ2n) is 6.43. The first kappa shape index (κ1) is 13.7. The van der Waals surface area contributed by atoms with Crippen LogP contribution in [-0.4, -0.2) is 34.5 Å². The van der Waals surface area contributed by atoms with Crippen LogP contribution in [0.5, 0.6) is 0 Å². The molecule has 4 nitrogen and oxygen atoms in total. The maximum Gasteiger partial charge on any atom is 0.307 e. The molecule has 0 spiro atoms. The van der Waals surface area contributed by atoms with Crippen LogP contribution in [0.15, 0.2) is 12.2 Å². The van der Waals surface area contributed by atoms with Gasteiger partial charge in [0.1, 0.15) is 0 Å². The zero-order chi connectivity index (χ0) is 14.3. The lowest BCUT2D eigenvalue weighted by Crippen LogP contribution is -2.49. The molecule has 1 heterocycles. The third-order valence-electron chi connectivity index (χ3n) is 5.41. The zero-order valence-corrected chi connectivity index (χ0v) is 12.0. The molecule has 0 aromatic heterocycles. The van der Waals surface area contributed by atoms with Gasteiger partial charge in [-0.15, -0.1) is 0 Å². The molecule has 0 aromatic rings. The average Bonchev–Trinajstić information content (AvgIpc) is 3.06.